The topological polar surface area (TPSA) is 32.3 Å². The maximum absolute atomic E-state index is 9.02. The first-order valence-electron chi connectivity index (χ1n) is 4.95. The molecular weight excluding hydrogens is 277 g/mol. The fourth-order valence-electron chi connectivity index (χ4n) is 1.26. The Morgan fingerprint density at radius 2 is 2.27 bits per heavy atom. The van der Waals surface area contributed by atoms with E-state index < -0.39 is 0 Å². The smallest absolute Gasteiger partial charge is 0.0584 e. The van der Waals surface area contributed by atoms with E-state index in [4.69, 9.17) is 16.7 Å². The first-order valence-corrected chi connectivity index (χ1v) is 6.12. The second-order valence-corrected chi connectivity index (χ2v) is 4.70. The van der Waals surface area contributed by atoms with E-state index in [2.05, 4.69) is 21.2 Å². The van der Waals surface area contributed by atoms with Crippen molar-refractivity contribution in [2.24, 2.45) is 0 Å². The summed E-state index contributed by atoms with van der Waals surface area (Å²) in [4.78, 5) is 0. The Kier molecular flexibility index (Phi) is 5.61. The van der Waals surface area contributed by atoms with Gasteiger partial charge < -0.3 is 10.4 Å². The molecule has 1 atom stereocenters. The quantitative estimate of drug-likeness (QED) is 0.874. The van der Waals surface area contributed by atoms with Gasteiger partial charge in [-0.15, -0.1) is 0 Å². The maximum atomic E-state index is 9.02. The number of hydrogen-bond acceptors (Lipinski definition) is 2. The third-order valence-corrected chi connectivity index (χ3v) is 3.28. The van der Waals surface area contributed by atoms with E-state index >= 15 is 0 Å². The Morgan fingerprint density at radius 3 is 2.80 bits per heavy atom. The van der Waals surface area contributed by atoms with E-state index in [-0.39, 0.29) is 12.6 Å². The predicted molar refractivity (Wildman–Crippen MR) is 67.2 cm³/mol. The highest BCUT2D eigenvalue weighted by atomic mass is 79.9. The van der Waals surface area contributed by atoms with Gasteiger partial charge in [0.25, 0.3) is 0 Å². The maximum Gasteiger partial charge on any atom is 0.0584 e. The van der Waals surface area contributed by atoms with Gasteiger partial charge in [0.2, 0.25) is 0 Å². The van der Waals surface area contributed by atoms with E-state index in [9.17, 15) is 0 Å². The molecule has 0 heterocycles. The number of hydrogen-bond donors (Lipinski definition) is 2. The van der Waals surface area contributed by atoms with Crippen LogP contribution >= 0.6 is 27.5 Å². The van der Waals surface area contributed by atoms with Crippen molar-refractivity contribution in [1.82, 2.24) is 5.32 Å². The van der Waals surface area contributed by atoms with Gasteiger partial charge in [-0.25, -0.2) is 0 Å². The zero-order valence-corrected chi connectivity index (χ0v) is 11.0. The predicted octanol–water partition coefficient (Wildman–Crippen LogP) is 2.96. The molecule has 0 radical (unpaired) electrons. The monoisotopic (exact) mass is 291 g/mol. The molecule has 0 bridgehead atoms. The summed E-state index contributed by atoms with van der Waals surface area (Å²) in [6.07, 6.45) is 0.918. The normalized spacial score (nSPS) is 12.8. The van der Waals surface area contributed by atoms with E-state index in [0.29, 0.717) is 0 Å². The van der Waals surface area contributed by atoms with Crippen molar-refractivity contribution in [2.45, 2.75) is 25.9 Å². The second-order valence-electron chi connectivity index (χ2n) is 3.40. The molecule has 0 aliphatic carbocycles. The molecule has 1 aromatic rings. The largest absolute Gasteiger partial charge is 0.395 e. The lowest BCUT2D eigenvalue weighted by molar-refractivity contribution is 0.238. The highest BCUT2D eigenvalue weighted by molar-refractivity contribution is 9.10. The van der Waals surface area contributed by atoms with Crippen LogP contribution in [0.1, 0.15) is 18.9 Å². The summed E-state index contributed by atoms with van der Waals surface area (Å²) >= 11 is 9.30. The lowest BCUT2D eigenvalue weighted by atomic mass is 10.2. The molecule has 2 nitrogen and oxygen atoms in total. The Bertz CT molecular complexity index is 315. The molecule has 84 valence electrons. The number of aliphatic hydroxyl groups excluding tert-OH is 1. The zero-order chi connectivity index (χ0) is 11.3. The van der Waals surface area contributed by atoms with E-state index in [1.807, 2.05) is 25.1 Å². The standard InChI is InChI=1S/C11H15BrClNO/c1-2-10(7-15)14-6-8-3-4-9(13)5-11(8)12/h3-5,10,14-15H,2,6-7H2,1H3/t10-/m0/s1. The molecule has 1 aromatic carbocycles. The van der Waals surface area contributed by atoms with Crippen LogP contribution in [0.5, 0.6) is 0 Å². The van der Waals surface area contributed by atoms with Crippen molar-refractivity contribution in [1.29, 1.82) is 0 Å². The fourth-order valence-corrected chi connectivity index (χ4v) is 2.08. The number of aliphatic hydroxyl groups is 1. The number of rotatable bonds is 5. The van der Waals surface area contributed by atoms with Crippen LogP contribution in [0.15, 0.2) is 22.7 Å². The SMILES string of the molecule is CC[C@@H](CO)NCc1ccc(Cl)cc1Br. The first kappa shape index (κ1) is 13.0. The van der Waals surface area contributed by atoms with Gasteiger partial charge in [0, 0.05) is 22.1 Å². The Hall–Kier alpha value is -0.0900. The molecule has 0 aliphatic rings. The molecule has 0 spiro atoms. The third kappa shape index (κ3) is 4.11. The Balaban J connectivity index is 2.57. The molecule has 0 aliphatic heterocycles. The van der Waals surface area contributed by atoms with Gasteiger partial charge in [0.05, 0.1) is 6.61 Å². The van der Waals surface area contributed by atoms with Crippen LogP contribution in [0, 0.1) is 0 Å². The van der Waals surface area contributed by atoms with Crippen molar-refractivity contribution in [3.63, 3.8) is 0 Å². The van der Waals surface area contributed by atoms with Gasteiger partial charge in [-0.2, -0.15) is 0 Å². The third-order valence-electron chi connectivity index (χ3n) is 2.31. The summed E-state index contributed by atoms with van der Waals surface area (Å²) < 4.78 is 0.996. The highest BCUT2D eigenvalue weighted by Gasteiger charge is 2.05. The zero-order valence-electron chi connectivity index (χ0n) is 8.63. The molecule has 0 saturated carbocycles. The van der Waals surface area contributed by atoms with Crippen molar-refractivity contribution < 1.29 is 5.11 Å². The van der Waals surface area contributed by atoms with Crippen molar-refractivity contribution >= 4 is 27.5 Å². The van der Waals surface area contributed by atoms with Crippen LogP contribution < -0.4 is 5.32 Å². The summed E-state index contributed by atoms with van der Waals surface area (Å²) in [5.41, 5.74) is 1.14. The number of nitrogens with one attached hydrogen (secondary N) is 1. The number of halogens is 2. The average molecular weight is 293 g/mol. The van der Waals surface area contributed by atoms with Crippen molar-refractivity contribution in [3.8, 4) is 0 Å². The molecule has 2 N–H and O–H groups in total. The highest BCUT2D eigenvalue weighted by Crippen LogP contribution is 2.21. The summed E-state index contributed by atoms with van der Waals surface area (Å²) in [6.45, 7) is 2.95. The van der Waals surface area contributed by atoms with Crippen molar-refractivity contribution in [3.05, 3.63) is 33.3 Å². The van der Waals surface area contributed by atoms with Gasteiger partial charge in [-0.1, -0.05) is 40.5 Å². The summed E-state index contributed by atoms with van der Waals surface area (Å²) in [5.74, 6) is 0. The van der Waals surface area contributed by atoms with E-state index in [0.717, 1.165) is 28.0 Å². The van der Waals surface area contributed by atoms with Gasteiger partial charge in [-0.3, -0.25) is 0 Å². The van der Waals surface area contributed by atoms with Crippen LogP contribution in [0.2, 0.25) is 5.02 Å². The summed E-state index contributed by atoms with van der Waals surface area (Å²) in [6, 6.07) is 5.87. The molecule has 0 amide bonds. The number of benzene rings is 1. The van der Waals surface area contributed by atoms with Gasteiger partial charge in [0.15, 0.2) is 0 Å². The first-order chi connectivity index (χ1) is 7.17. The average Bonchev–Trinajstić information content (AvgIpc) is 2.22. The molecule has 15 heavy (non-hydrogen) atoms. The Morgan fingerprint density at radius 1 is 1.53 bits per heavy atom. The van der Waals surface area contributed by atoms with E-state index in [1.54, 1.807) is 0 Å². The van der Waals surface area contributed by atoms with Gasteiger partial charge in [-0.05, 0) is 24.1 Å². The molecule has 0 saturated heterocycles. The van der Waals surface area contributed by atoms with Crippen molar-refractivity contribution in [2.75, 3.05) is 6.61 Å². The minimum absolute atomic E-state index is 0.160. The second kappa shape index (κ2) is 6.48. The van der Waals surface area contributed by atoms with Crippen LogP contribution in [0.25, 0.3) is 0 Å². The lowest BCUT2D eigenvalue weighted by Gasteiger charge is -2.14. The molecule has 1 rings (SSSR count). The molecule has 0 unspecified atom stereocenters. The van der Waals surface area contributed by atoms with E-state index in [1.165, 1.54) is 0 Å². The Labute approximate surface area is 104 Å². The molecular formula is C11H15BrClNO. The fraction of sp³-hybridized carbons (Fsp3) is 0.455. The van der Waals surface area contributed by atoms with Crippen LogP contribution in [0.3, 0.4) is 0 Å². The minimum atomic E-state index is 0.160. The minimum Gasteiger partial charge on any atom is -0.395 e. The van der Waals surface area contributed by atoms with Gasteiger partial charge >= 0.3 is 0 Å². The van der Waals surface area contributed by atoms with Crippen LogP contribution in [-0.2, 0) is 6.54 Å². The molecule has 0 fully saturated rings. The summed E-state index contributed by atoms with van der Waals surface area (Å²) in [5, 5.41) is 13.0. The lowest BCUT2D eigenvalue weighted by Crippen LogP contribution is -2.31. The van der Waals surface area contributed by atoms with Crippen LogP contribution in [0.4, 0.5) is 0 Å². The van der Waals surface area contributed by atoms with Crippen LogP contribution in [-0.4, -0.2) is 17.8 Å². The molecule has 4 heteroatoms. The summed E-state index contributed by atoms with van der Waals surface area (Å²) in [7, 11) is 0. The van der Waals surface area contributed by atoms with Gasteiger partial charge in [0.1, 0.15) is 0 Å². The molecule has 0 aromatic heterocycles.